The molecule has 0 atom stereocenters. The van der Waals surface area contributed by atoms with Crippen LogP contribution in [0.3, 0.4) is 0 Å². The number of nitrogens with zero attached hydrogens (tertiary/aromatic N) is 1. The van der Waals surface area contributed by atoms with Crippen LogP contribution in [0.15, 0.2) is 17.1 Å². The Morgan fingerprint density at radius 2 is 2.29 bits per heavy atom. The minimum absolute atomic E-state index is 0.120. The fourth-order valence-electron chi connectivity index (χ4n) is 1.82. The normalized spacial score (nSPS) is 16.4. The summed E-state index contributed by atoms with van der Waals surface area (Å²) in [5.74, 6) is -0.429. The van der Waals surface area contributed by atoms with Crippen molar-refractivity contribution in [2.75, 3.05) is 7.11 Å². The molecule has 1 aromatic carbocycles. The minimum atomic E-state index is -0.599. The van der Waals surface area contributed by atoms with Crippen molar-refractivity contribution in [1.82, 2.24) is 0 Å². The second kappa shape index (κ2) is 4.57. The lowest BCUT2D eigenvalue weighted by Crippen LogP contribution is -2.05. The Labute approximate surface area is 103 Å². The van der Waals surface area contributed by atoms with Gasteiger partial charge >= 0.3 is 0 Å². The van der Waals surface area contributed by atoms with Crippen LogP contribution in [0.25, 0.3) is 0 Å². The summed E-state index contributed by atoms with van der Waals surface area (Å²) < 4.78 is 18.7. The van der Waals surface area contributed by atoms with E-state index in [1.807, 2.05) is 0 Å². The van der Waals surface area contributed by atoms with Crippen LogP contribution in [-0.4, -0.2) is 13.2 Å². The lowest BCUT2D eigenvalue weighted by Gasteiger charge is -2.12. The molecule has 17 heavy (non-hydrogen) atoms. The third-order valence-electron chi connectivity index (χ3n) is 2.95. The van der Waals surface area contributed by atoms with E-state index in [0.717, 1.165) is 12.8 Å². The summed E-state index contributed by atoms with van der Waals surface area (Å²) in [6.45, 7) is 0.120. The highest BCUT2D eigenvalue weighted by atomic mass is 35.5. The molecule has 0 heterocycles. The summed E-state index contributed by atoms with van der Waals surface area (Å²) in [7, 11) is 1.47. The van der Waals surface area contributed by atoms with Gasteiger partial charge in [-0.25, -0.2) is 9.18 Å². The minimum Gasteiger partial charge on any atom is -0.380 e. The lowest BCUT2D eigenvalue weighted by atomic mass is 10.0. The van der Waals surface area contributed by atoms with Crippen molar-refractivity contribution < 1.29 is 13.9 Å². The molecule has 0 aromatic heterocycles. The van der Waals surface area contributed by atoms with Crippen molar-refractivity contribution in [3.05, 3.63) is 34.1 Å². The predicted molar refractivity (Wildman–Crippen MR) is 61.2 cm³/mol. The topological polar surface area (TPSA) is 38.7 Å². The lowest BCUT2D eigenvalue weighted by molar-refractivity contribution is 0.181. The van der Waals surface area contributed by atoms with E-state index in [-0.39, 0.29) is 6.61 Å². The van der Waals surface area contributed by atoms with E-state index in [2.05, 4.69) is 4.99 Å². The Balaban J connectivity index is 2.42. The molecule has 1 saturated carbocycles. The van der Waals surface area contributed by atoms with Crippen LogP contribution in [0.2, 0.25) is 5.02 Å². The fourth-order valence-corrected chi connectivity index (χ4v) is 2.09. The van der Waals surface area contributed by atoms with E-state index in [1.54, 1.807) is 6.07 Å². The molecule has 0 spiro atoms. The van der Waals surface area contributed by atoms with Crippen LogP contribution in [0.4, 0.5) is 4.39 Å². The third-order valence-corrected chi connectivity index (χ3v) is 3.29. The highest BCUT2D eigenvalue weighted by Gasteiger charge is 2.45. The van der Waals surface area contributed by atoms with Gasteiger partial charge in [-0.05, 0) is 30.5 Å². The van der Waals surface area contributed by atoms with Gasteiger partial charge in [-0.2, -0.15) is 4.99 Å². The first-order valence-corrected chi connectivity index (χ1v) is 5.57. The molecular weight excluding hydrogens is 245 g/mol. The van der Waals surface area contributed by atoms with Crippen molar-refractivity contribution in [1.29, 1.82) is 0 Å². The molecule has 1 aliphatic carbocycles. The molecule has 3 nitrogen and oxygen atoms in total. The average Bonchev–Trinajstić information content (AvgIpc) is 3.05. The summed E-state index contributed by atoms with van der Waals surface area (Å²) in [4.78, 5) is 14.1. The van der Waals surface area contributed by atoms with Gasteiger partial charge in [-0.1, -0.05) is 11.6 Å². The van der Waals surface area contributed by atoms with Gasteiger partial charge in [0.05, 0.1) is 12.1 Å². The largest absolute Gasteiger partial charge is 0.380 e. The van der Waals surface area contributed by atoms with E-state index < -0.39 is 11.4 Å². The first kappa shape index (κ1) is 12.2. The molecular formula is C12H11ClFNO2. The van der Waals surface area contributed by atoms with E-state index in [9.17, 15) is 9.18 Å². The second-order valence-corrected chi connectivity index (χ2v) is 4.49. The van der Waals surface area contributed by atoms with E-state index in [0.29, 0.717) is 16.1 Å². The van der Waals surface area contributed by atoms with E-state index >= 15 is 0 Å². The number of halogens is 2. The Kier molecular flexibility index (Phi) is 3.29. The van der Waals surface area contributed by atoms with Crippen LogP contribution in [0, 0.1) is 5.82 Å². The number of ether oxygens (including phenoxy) is 1. The standard InChI is InChI=1S/C12H11ClFNO2/c1-17-6-9-10(13)4-8(5-11(9)14)12(2-3-12)15-7-16/h4-5H,2-3,6H2,1H3. The molecule has 5 heteroatoms. The second-order valence-electron chi connectivity index (χ2n) is 4.09. The predicted octanol–water partition coefficient (Wildman–Crippen LogP) is 2.95. The zero-order valence-corrected chi connectivity index (χ0v) is 10.1. The summed E-state index contributed by atoms with van der Waals surface area (Å²) in [6.07, 6.45) is 2.98. The van der Waals surface area contributed by atoms with E-state index in [1.165, 1.54) is 19.3 Å². The smallest absolute Gasteiger partial charge is 0.235 e. The highest BCUT2D eigenvalue weighted by Crippen LogP contribution is 2.50. The molecule has 1 aromatic rings. The monoisotopic (exact) mass is 255 g/mol. The number of rotatable bonds is 4. The molecule has 0 saturated heterocycles. The van der Waals surface area contributed by atoms with Crippen molar-refractivity contribution >= 4 is 17.7 Å². The van der Waals surface area contributed by atoms with Gasteiger partial charge in [0, 0.05) is 17.7 Å². The highest BCUT2D eigenvalue weighted by molar-refractivity contribution is 6.31. The third kappa shape index (κ3) is 2.25. The summed E-state index contributed by atoms with van der Waals surface area (Å²) in [5.41, 5.74) is 0.352. The molecule has 0 bridgehead atoms. The molecule has 1 fully saturated rings. The van der Waals surface area contributed by atoms with Gasteiger partial charge in [-0.3, -0.25) is 0 Å². The Morgan fingerprint density at radius 3 is 2.76 bits per heavy atom. The zero-order chi connectivity index (χ0) is 12.5. The van der Waals surface area contributed by atoms with Gasteiger partial charge in [0.1, 0.15) is 5.82 Å². The number of carbonyl (C=O) groups excluding carboxylic acids is 1. The average molecular weight is 256 g/mol. The Hall–Kier alpha value is -1.22. The first-order valence-electron chi connectivity index (χ1n) is 5.19. The van der Waals surface area contributed by atoms with Gasteiger partial charge in [0.25, 0.3) is 0 Å². The molecule has 2 rings (SSSR count). The Bertz CT molecular complexity index is 470. The van der Waals surface area contributed by atoms with Gasteiger partial charge in [0.15, 0.2) is 0 Å². The molecule has 0 aliphatic heterocycles. The van der Waals surface area contributed by atoms with Crippen LogP contribution in [0.5, 0.6) is 0 Å². The fraction of sp³-hybridized carbons (Fsp3) is 0.417. The van der Waals surface area contributed by atoms with Gasteiger partial charge < -0.3 is 4.74 Å². The maximum Gasteiger partial charge on any atom is 0.235 e. The van der Waals surface area contributed by atoms with Crippen LogP contribution in [0.1, 0.15) is 24.0 Å². The Morgan fingerprint density at radius 1 is 1.59 bits per heavy atom. The van der Waals surface area contributed by atoms with Crippen molar-refractivity contribution in [3.8, 4) is 0 Å². The maximum atomic E-state index is 13.8. The van der Waals surface area contributed by atoms with Crippen LogP contribution >= 0.6 is 11.6 Å². The number of hydrogen-bond donors (Lipinski definition) is 0. The summed E-state index contributed by atoms with van der Waals surface area (Å²) in [6, 6.07) is 3.01. The molecule has 0 radical (unpaired) electrons. The quantitative estimate of drug-likeness (QED) is 0.613. The summed E-state index contributed by atoms with van der Waals surface area (Å²) in [5, 5.41) is 0.300. The van der Waals surface area contributed by atoms with Gasteiger partial charge in [0.2, 0.25) is 6.08 Å². The summed E-state index contributed by atoms with van der Waals surface area (Å²) >= 11 is 5.99. The van der Waals surface area contributed by atoms with Gasteiger partial charge in [-0.15, -0.1) is 0 Å². The van der Waals surface area contributed by atoms with Crippen LogP contribution < -0.4 is 0 Å². The number of aliphatic imine (C=N–C) groups is 1. The number of hydrogen-bond acceptors (Lipinski definition) is 3. The van der Waals surface area contributed by atoms with Crippen LogP contribution in [-0.2, 0) is 21.7 Å². The van der Waals surface area contributed by atoms with E-state index in [4.69, 9.17) is 16.3 Å². The van der Waals surface area contributed by atoms with Crippen molar-refractivity contribution in [2.45, 2.75) is 25.0 Å². The maximum absolute atomic E-state index is 13.8. The number of methoxy groups -OCH3 is 1. The molecule has 1 aliphatic rings. The molecule has 90 valence electrons. The SMILES string of the molecule is COCc1c(F)cc(C2(N=C=O)CC2)cc1Cl. The van der Waals surface area contributed by atoms with Crippen molar-refractivity contribution in [2.24, 2.45) is 4.99 Å². The molecule has 0 amide bonds. The molecule has 0 unspecified atom stereocenters. The number of isocyanates is 1. The molecule has 0 N–H and O–H groups in total. The first-order chi connectivity index (χ1) is 8.13. The van der Waals surface area contributed by atoms with Crippen molar-refractivity contribution in [3.63, 3.8) is 0 Å². The number of benzene rings is 1. The zero-order valence-electron chi connectivity index (χ0n) is 9.30.